The van der Waals surface area contributed by atoms with Gasteiger partial charge in [0.15, 0.2) is 0 Å². The van der Waals surface area contributed by atoms with Gasteiger partial charge in [0.1, 0.15) is 17.3 Å². The topological polar surface area (TPSA) is 52.8 Å². The molecule has 5 nitrogen and oxygen atoms in total. The molecule has 124 valence electrons. The summed E-state index contributed by atoms with van der Waals surface area (Å²) in [7, 11) is 0. The van der Waals surface area contributed by atoms with Crippen molar-refractivity contribution in [1.29, 1.82) is 0 Å². The second kappa shape index (κ2) is 7.76. The summed E-state index contributed by atoms with van der Waals surface area (Å²) < 4.78 is 21.9. The van der Waals surface area contributed by atoms with E-state index < -0.39 is 0 Å². The summed E-state index contributed by atoms with van der Waals surface area (Å²) in [6.45, 7) is 2.47. The molecule has 0 radical (unpaired) electrons. The molecule has 3 aromatic rings. The Hall–Kier alpha value is -1.93. The molecule has 0 fully saturated rings. The molecule has 0 atom stereocenters. The fourth-order valence-electron chi connectivity index (χ4n) is 2.11. The maximum absolute atomic E-state index is 13.9. The van der Waals surface area contributed by atoms with Gasteiger partial charge in [-0.3, -0.25) is 0 Å². The first-order chi connectivity index (χ1) is 11.7. The number of rotatable bonds is 6. The van der Waals surface area contributed by atoms with E-state index in [0.717, 1.165) is 5.69 Å². The van der Waals surface area contributed by atoms with E-state index in [9.17, 15) is 4.39 Å². The molecular weight excluding hydrogens is 395 g/mol. The fourth-order valence-corrected chi connectivity index (χ4v) is 3.31. The third kappa shape index (κ3) is 3.76. The van der Waals surface area contributed by atoms with Gasteiger partial charge in [0.05, 0.1) is 6.61 Å². The molecular formula is C16H14BrFN4OS. The Morgan fingerprint density at radius 2 is 2.08 bits per heavy atom. The lowest BCUT2D eigenvalue weighted by Crippen LogP contribution is -2.03. The number of benzene rings is 2. The van der Waals surface area contributed by atoms with Gasteiger partial charge in [0.2, 0.25) is 5.16 Å². The normalized spacial score (nSPS) is 10.8. The van der Waals surface area contributed by atoms with E-state index in [1.807, 2.05) is 37.3 Å². The third-order valence-corrected chi connectivity index (χ3v) is 4.67. The van der Waals surface area contributed by atoms with E-state index in [-0.39, 0.29) is 5.82 Å². The highest BCUT2D eigenvalue weighted by molar-refractivity contribution is 9.10. The lowest BCUT2D eigenvalue weighted by Gasteiger charge is -2.10. The summed E-state index contributed by atoms with van der Waals surface area (Å²) in [6.07, 6.45) is 0. The maximum atomic E-state index is 13.9. The first-order valence-electron chi connectivity index (χ1n) is 7.26. The van der Waals surface area contributed by atoms with Crippen molar-refractivity contribution < 1.29 is 9.13 Å². The molecule has 0 unspecified atom stereocenters. The zero-order chi connectivity index (χ0) is 16.9. The Morgan fingerprint density at radius 3 is 2.88 bits per heavy atom. The van der Waals surface area contributed by atoms with Gasteiger partial charge in [-0.1, -0.05) is 45.9 Å². The number of tetrazole rings is 1. The quantitative estimate of drug-likeness (QED) is 0.570. The molecule has 3 rings (SSSR count). The molecule has 0 bridgehead atoms. The lowest BCUT2D eigenvalue weighted by molar-refractivity contribution is 0.337. The molecule has 0 aliphatic rings. The van der Waals surface area contributed by atoms with Crippen molar-refractivity contribution in [3.05, 3.63) is 58.3 Å². The van der Waals surface area contributed by atoms with Crippen LogP contribution in [0.3, 0.4) is 0 Å². The van der Waals surface area contributed by atoms with Crippen LogP contribution in [-0.4, -0.2) is 26.8 Å². The van der Waals surface area contributed by atoms with Crippen molar-refractivity contribution in [2.45, 2.75) is 17.8 Å². The number of aromatic nitrogens is 4. The first kappa shape index (κ1) is 16.9. The molecule has 8 heteroatoms. The molecule has 0 amide bonds. The van der Waals surface area contributed by atoms with Gasteiger partial charge in [-0.15, -0.1) is 5.10 Å². The Bertz CT molecular complexity index is 842. The molecule has 2 aromatic carbocycles. The van der Waals surface area contributed by atoms with Crippen LogP contribution in [0.15, 0.2) is 52.1 Å². The van der Waals surface area contributed by atoms with Gasteiger partial charge < -0.3 is 4.74 Å². The molecule has 0 N–H and O–H groups in total. The number of para-hydroxylation sites is 2. The van der Waals surface area contributed by atoms with Crippen LogP contribution >= 0.6 is 27.7 Å². The average molecular weight is 409 g/mol. The van der Waals surface area contributed by atoms with E-state index >= 15 is 0 Å². The Labute approximate surface area is 151 Å². The summed E-state index contributed by atoms with van der Waals surface area (Å²) in [5, 5.41) is 12.4. The van der Waals surface area contributed by atoms with Crippen molar-refractivity contribution >= 4 is 27.7 Å². The first-order valence-corrected chi connectivity index (χ1v) is 9.04. The van der Waals surface area contributed by atoms with Gasteiger partial charge >= 0.3 is 0 Å². The zero-order valence-corrected chi connectivity index (χ0v) is 15.2. The molecule has 24 heavy (non-hydrogen) atoms. The highest BCUT2D eigenvalue weighted by atomic mass is 79.9. The van der Waals surface area contributed by atoms with Gasteiger partial charge in [-0.25, -0.2) is 4.39 Å². The van der Waals surface area contributed by atoms with Crippen LogP contribution in [0, 0.1) is 5.82 Å². The number of ether oxygens (including phenoxy) is 1. The second-order valence-corrected chi connectivity index (χ2v) is 6.66. The standard InChI is InChI=1S/C16H14BrFN4OS/c1-2-23-15-6-4-3-5-14(15)22-16(19-20-21-22)24-10-11-7-8-12(17)9-13(11)18/h3-9H,2,10H2,1H3. The molecule has 0 aliphatic carbocycles. The molecule has 0 saturated carbocycles. The van der Waals surface area contributed by atoms with E-state index in [1.54, 1.807) is 10.7 Å². The van der Waals surface area contributed by atoms with Crippen LogP contribution in [0.4, 0.5) is 4.39 Å². The van der Waals surface area contributed by atoms with Crippen molar-refractivity contribution in [3.63, 3.8) is 0 Å². The van der Waals surface area contributed by atoms with Gasteiger partial charge in [0, 0.05) is 10.2 Å². The fraction of sp³-hybridized carbons (Fsp3) is 0.188. The molecule has 0 saturated heterocycles. The van der Waals surface area contributed by atoms with Gasteiger partial charge in [-0.05, 0) is 47.2 Å². The second-order valence-electron chi connectivity index (χ2n) is 4.80. The van der Waals surface area contributed by atoms with Crippen LogP contribution in [-0.2, 0) is 5.75 Å². The number of thioether (sulfide) groups is 1. The van der Waals surface area contributed by atoms with Crippen molar-refractivity contribution in [3.8, 4) is 11.4 Å². The highest BCUT2D eigenvalue weighted by Gasteiger charge is 2.14. The molecule has 1 aromatic heterocycles. The van der Waals surface area contributed by atoms with Crippen LogP contribution in [0.5, 0.6) is 5.75 Å². The third-order valence-electron chi connectivity index (χ3n) is 3.21. The van der Waals surface area contributed by atoms with E-state index in [1.165, 1.54) is 17.8 Å². The largest absolute Gasteiger partial charge is 0.492 e. The van der Waals surface area contributed by atoms with E-state index in [4.69, 9.17) is 4.74 Å². The van der Waals surface area contributed by atoms with Crippen LogP contribution in [0.25, 0.3) is 5.69 Å². The van der Waals surface area contributed by atoms with Crippen molar-refractivity contribution in [2.75, 3.05) is 6.61 Å². The number of hydrogen-bond acceptors (Lipinski definition) is 5. The minimum atomic E-state index is -0.259. The summed E-state index contributed by atoms with van der Waals surface area (Å²) in [4.78, 5) is 0. The number of nitrogens with zero attached hydrogens (tertiary/aromatic N) is 4. The summed E-state index contributed by atoms with van der Waals surface area (Å²) in [6, 6.07) is 12.5. The monoisotopic (exact) mass is 408 g/mol. The Morgan fingerprint density at radius 1 is 1.25 bits per heavy atom. The molecule has 0 aliphatic heterocycles. The van der Waals surface area contributed by atoms with Gasteiger partial charge in [-0.2, -0.15) is 4.68 Å². The maximum Gasteiger partial charge on any atom is 0.214 e. The van der Waals surface area contributed by atoms with Crippen molar-refractivity contribution in [2.24, 2.45) is 0 Å². The van der Waals surface area contributed by atoms with E-state index in [0.29, 0.717) is 33.3 Å². The highest BCUT2D eigenvalue weighted by Crippen LogP contribution is 2.28. The minimum Gasteiger partial charge on any atom is -0.492 e. The van der Waals surface area contributed by atoms with Crippen LogP contribution in [0.1, 0.15) is 12.5 Å². The van der Waals surface area contributed by atoms with E-state index in [2.05, 4.69) is 31.5 Å². The van der Waals surface area contributed by atoms with Crippen molar-refractivity contribution in [1.82, 2.24) is 20.2 Å². The molecule has 0 spiro atoms. The van der Waals surface area contributed by atoms with Gasteiger partial charge in [0.25, 0.3) is 0 Å². The smallest absolute Gasteiger partial charge is 0.214 e. The minimum absolute atomic E-state index is 0.259. The lowest BCUT2D eigenvalue weighted by atomic mass is 10.2. The van der Waals surface area contributed by atoms with Crippen LogP contribution in [0.2, 0.25) is 0 Å². The predicted octanol–water partition coefficient (Wildman–Crippen LogP) is 4.25. The Kier molecular flexibility index (Phi) is 5.47. The summed E-state index contributed by atoms with van der Waals surface area (Å²) in [5.74, 6) is 0.866. The predicted molar refractivity (Wildman–Crippen MR) is 94.0 cm³/mol. The Balaban J connectivity index is 1.83. The average Bonchev–Trinajstić information content (AvgIpc) is 3.03. The number of halogens is 2. The summed E-state index contributed by atoms with van der Waals surface area (Å²) in [5.41, 5.74) is 1.35. The number of hydrogen-bond donors (Lipinski definition) is 0. The SMILES string of the molecule is CCOc1ccccc1-n1nnnc1SCc1ccc(Br)cc1F. The molecule has 1 heterocycles. The zero-order valence-electron chi connectivity index (χ0n) is 12.8. The summed E-state index contributed by atoms with van der Waals surface area (Å²) >= 11 is 4.62. The van der Waals surface area contributed by atoms with Crippen LogP contribution < -0.4 is 4.74 Å².